The van der Waals surface area contributed by atoms with E-state index in [2.05, 4.69) is 175 Å². The first-order valence-electron chi connectivity index (χ1n) is 17.7. The largest absolute Gasteiger partial charge is 0.456 e. The first-order valence-corrected chi connectivity index (χ1v) is 17.7. The smallest absolute Gasteiger partial charge is 0.135 e. The zero-order valence-corrected chi connectivity index (χ0v) is 28.2. The predicted octanol–water partition coefficient (Wildman–Crippen LogP) is 13.0. The van der Waals surface area contributed by atoms with Crippen molar-refractivity contribution in [2.24, 2.45) is 5.92 Å². The quantitative estimate of drug-likeness (QED) is 0.177. The zero-order valence-electron chi connectivity index (χ0n) is 28.2. The maximum atomic E-state index is 6.45. The molecule has 0 aliphatic rings. The van der Waals surface area contributed by atoms with Crippen molar-refractivity contribution in [2.75, 3.05) is 0 Å². The lowest BCUT2D eigenvalue weighted by Crippen LogP contribution is -2.00. The Morgan fingerprint density at radius 1 is 0.460 bits per heavy atom. The summed E-state index contributed by atoms with van der Waals surface area (Å²) < 4.78 is 11.3. The lowest BCUT2D eigenvalue weighted by Gasteiger charge is -2.16. The molecule has 7 aromatic carbocycles. The summed E-state index contributed by atoms with van der Waals surface area (Å²) in [5.74, 6) is 0.647. The molecule has 0 spiro atoms. The van der Waals surface area contributed by atoms with Gasteiger partial charge in [-0.15, -0.1) is 0 Å². The van der Waals surface area contributed by atoms with E-state index >= 15 is 0 Å². The van der Waals surface area contributed by atoms with Gasteiger partial charge in [0.25, 0.3) is 0 Å². The van der Waals surface area contributed by atoms with Crippen molar-refractivity contribution in [3.05, 3.63) is 157 Å². The lowest BCUT2D eigenvalue weighted by atomic mass is 9.97. The molecule has 50 heavy (non-hydrogen) atoms. The molecule has 10 rings (SSSR count). The molecule has 3 aromatic heterocycles. The number of benzene rings is 7. The first kappa shape index (κ1) is 28.9. The van der Waals surface area contributed by atoms with Crippen LogP contribution in [0.25, 0.3) is 88.1 Å². The van der Waals surface area contributed by atoms with E-state index in [4.69, 9.17) is 4.42 Å². The van der Waals surface area contributed by atoms with E-state index in [9.17, 15) is 0 Å². The Morgan fingerprint density at radius 3 is 1.50 bits per heavy atom. The van der Waals surface area contributed by atoms with Crippen molar-refractivity contribution in [3.8, 4) is 22.5 Å². The number of furan rings is 1. The van der Waals surface area contributed by atoms with Crippen LogP contribution in [0.4, 0.5) is 0 Å². The van der Waals surface area contributed by atoms with Gasteiger partial charge in [0.05, 0.1) is 22.1 Å². The van der Waals surface area contributed by atoms with E-state index in [-0.39, 0.29) is 0 Å². The van der Waals surface area contributed by atoms with Gasteiger partial charge in [-0.05, 0) is 89.7 Å². The Morgan fingerprint density at radius 2 is 0.980 bits per heavy atom. The van der Waals surface area contributed by atoms with Crippen LogP contribution < -0.4 is 0 Å². The molecule has 0 saturated carbocycles. The van der Waals surface area contributed by atoms with E-state index < -0.39 is 0 Å². The third kappa shape index (κ3) is 4.43. The maximum Gasteiger partial charge on any atom is 0.135 e. The van der Waals surface area contributed by atoms with Crippen molar-refractivity contribution >= 4 is 65.6 Å². The molecule has 3 nitrogen and oxygen atoms in total. The van der Waals surface area contributed by atoms with Crippen LogP contribution in [0.1, 0.15) is 25.8 Å². The fraction of sp³-hybridized carbons (Fsp3) is 0.106. The van der Waals surface area contributed by atoms with Crippen LogP contribution in [0, 0.1) is 5.92 Å². The highest BCUT2D eigenvalue weighted by molar-refractivity contribution is 6.11. The second-order valence-corrected chi connectivity index (χ2v) is 13.8. The molecule has 0 N–H and O–H groups in total. The minimum atomic E-state index is 0.647. The van der Waals surface area contributed by atoms with Crippen molar-refractivity contribution < 1.29 is 4.42 Å². The van der Waals surface area contributed by atoms with E-state index in [0.717, 1.165) is 50.9 Å². The van der Waals surface area contributed by atoms with Gasteiger partial charge < -0.3 is 13.6 Å². The van der Waals surface area contributed by atoms with E-state index in [1.54, 1.807) is 0 Å². The Labute approximate surface area is 290 Å². The number of hydrogen-bond acceptors (Lipinski definition) is 1. The van der Waals surface area contributed by atoms with E-state index in [1.165, 1.54) is 55.6 Å². The van der Waals surface area contributed by atoms with Gasteiger partial charge in [-0.3, -0.25) is 0 Å². The highest BCUT2D eigenvalue weighted by atomic mass is 16.3. The molecule has 0 aliphatic heterocycles. The highest BCUT2D eigenvalue weighted by Gasteiger charge is 2.18. The summed E-state index contributed by atoms with van der Waals surface area (Å²) in [5, 5.41) is 7.33. The summed E-state index contributed by atoms with van der Waals surface area (Å²) in [6.07, 6.45) is 2.24. The van der Waals surface area contributed by atoms with Crippen LogP contribution in [0.3, 0.4) is 0 Å². The monoisotopic (exact) mass is 644 g/mol. The molecule has 10 aromatic rings. The van der Waals surface area contributed by atoms with Crippen molar-refractivity contribution in [1.82, 2.24) is 9.13 Å². The van der Waals surface area contributed by atoms with E-state index in [0.29, 0.717) is 5.92 Å². The van der Waals surface area contributed by atoms with Gasteiger partial charge in [-0.1, -0.05) is 111 Å². The Bertz CT molecular complexity index is 2680. The van der Waals surface area contributed by atoms with Crippen LogP contribution >= 0.6 is 0 Å². The Balaban J connectivity index is 1.24. The van der Waals surface area contributed by atoms with Crippen LogP contribution in [-0.4, -0.2) is 9.13 Å². The van der Waals surface area contributed by atoms with Gasteiger partial charge in [0.2, 0.25) is 0 Å². The predicted molar refractivity (Wildman–Crippen MR) is 211 cm³/mol. The minimum Gasteiger partial charge on any atom is -0.456 e. The molecule has 0 bridgehead atoms. The third-order valence-corrected chi connectivity index (χ3v) is 10.7. The van der Waals surface area contributed by atoms with Gasteiger partial charge in [0, 0.05) is 43.7 Å². The minimum absolute atomic E-state index is 0.647. The zero-order chi connectivity index (χ0) is 33.3. The van der Waals surface area contributed by atoms with Crippen molar-refractivity contribution in [3.63, 3.8) is 0 Å². The van der Waals surface area contributed by atoms with Crippen LogP contribution in [0.5, 0.6) is 0 Å². The molecule has 0 amide bonds. The van der Waals surface area contributed by atoms with Crippen molar-refractivity contribution in [1.29, 1.82) is 0 Å². The van der Waals surface area contributed by atoms with Gasteiger partial charge in [0.15, 0.2) is 0 Å². The second kappa shape index (κ2) is 11.2. The van der Waals surface area contributed by atoms with Crippen LogP contribution in [0.15, 0.2) is 156 Å². The fourth-order valence-electron chi connectivity index (χ4n) is 8.10. The standard InChI is InChI=1S/C47H36N2O/c1-3-30(2)24-31-20-22-40-41-28-32(21-23-46(41)50-47(40)25-31)33-26-34(48-42-16-8-4-12-36(42)37-13-5-9-17-43(37)48)29-35(27-33)49-44-18-10-6-14-38(44)39-15-7-11-19-45(39)49/h4-23,25-30H,3,24H2,1-2H3. The topological polar surface area (TPSA) is 23.0 Å². The van der Waals surface area contributed by atoms with Crippen LogP contribution in [0.2, 0.25) is 0 Å². The number of nitrogens with zero attached hydrogens (tertiary/aromatic N) is 2. The summed E-state index contributed by atoms with van der Waals surface area (Å²) in [6.45, 7) is 4.57. The number of rotatable bonds is 6. The lowest BCUT2D eigenvalue weighted by molar-refractivity contribution is 0.560. The Kier molecular flexibility index (Phi) is 6.50. The summed E-state index contributed by atoms with van der Waals surface area (Å²) in [5.41, 5.74) is 12.6. The number of aromatic nitrogens is 2. The van der Waals surface area contributed by atoms with Gasteiger partial charge in [0.1, 0.15) is 11.2 Å². The van der Waals surface area contributed by atoms with Gasteiger partial charge >= 0.3 is 0 Å². The maximum absolute atomic E-state index is 6.45. The summed E-state index contributed by atoms with van der Waals surface area (Å²) in [4.78, 5) is 0. The summed E-state index contributed by atoms with van der Waals surface area (Å²) in [7, 11) is 0. The molecule has 0 saturated heterocycles. The number of hydrogen-bond donors (Lipinski definition) is 0. The Hall–Kier alpha value is -6.06. The average Bonchev–Trinajstić information content (AvgIpc) is 3.81. The number of fused-ring (bicyclic) bond motifs is 9. The van der Waals surface area contributed by atoms with Crippen molar-refractivity contribution in [2.45, 2.75) is 26.7 Å². The average molecular weight is 645 g/mol. The normalized spacial score (nSPS) is 12.7. The molecular formula is C47H36N2O. The number of para-hydroxylation sites is 4. The molecule has 3 heterocycles. The summed E-state index contributed by atoms with van der Waals surface area (Å²) in [6, 6.07) is 55.5. The third-order valence-electron chi connectivity index (χ3n) is 10.7. The second-order valence-electron chi connectivity index (χ2n) is 13.8. The molecule has 0 aliphatic carbocycles. The molecule has 3 heteroatoms. The molecular weight excluding hydrogens is 609 g/mol. The molecule has 1 atom stereocenters. The highest BCUT2D eigenvalue weighted by Crippen LogP contribution is 2.39. The molecule has 240 valence electrons. The summed E-state index contributed by atoms with van der Waals surface area (Å²) >= 11 is 0. The van der Waals surface area contributed by atoms with Crippen LogP contribution in [-0.2, 0) is 6.42 Å². The first-order chi connectivity index (χ1) is 24.6. The molecule has 1 unspecified atom stereocenters. The van der Waals surface area contributed by atoms with E-state index in [1.807, 2.05) is 0 Å². The van der Waals surface area contributed by atoms with Gasteiger partial charge in [-0.25, -0.2) is 0 Å². The fourth-order valence-corrected chi connectivity index (χ4v) is 8.10. The SMILES string of the molecule is CCC(C)Cc1ccc2c(c1)oc1ccc(-c3cc(-n4c5ccccc5c5ccccc54)cc(-n4c5ccccc5c5ccccc54)c3)cc12. The molecule has 0 fully saturated rings. The van der Waals surface area contributed by atoms with Gasteiger partial charge in [-0.2, -0.15) is 0 Å². The molecule has 0 radical (unpaired) electrons.